The third-order valence-corrected chi connectivity index (χ3v) is 4.96. The molecule has 0 saturated carbocycles. The van der Waals surface area contributed by atoms with E-state index in [1.54, 1.807) is 31.2 Å². The minimum atomic E-state index is -0.230. The van der Waals surface area contributed by atoms with Crippen LogP contribution in [0.3, 0.4) is 0 Å². The average molecular weight is 381 g/mol. The topological polar surface area (TPSA) is 41.6 Å². The first kappa shape index (κ1) is 21.6. The number of allylic oxidation sites excluding steroid dienone is 1. The maximum atomic E-state index is 12.5. The van der Waals surface area contributed by atoms with E-state index < -0.39 is 0 Å². The monoisotopic (exact) mass is 380 g/mol. The van der Waals surface area contributed by atoms with Crippen molar-refractivity contribution in [2.75, 3.05) is 12.0 Å². The van der Waals surface area contributed by atoms with Crippen molar-refractivity contribution in [3.8, 4) is 17.6 Å². The molecule has 1 aromatic carbocycles. The number of nitrogens with zero attached hydrogens (tertiary/aromatic N) is 1. The van der Waals surface area contributed by atoms with Gasteiger partial charge in [0.25, 0.3) is 0 Å². The number of rotatable bonds is 5. The first-order valence-corrected chi connectivity index (χ1v) is 9.61. The number of amides is 2. The molecule has 1 aliphatic heterocycles. The van der Waals surface area contributed by atoms with Crippen LogP contribution in [0.5, 0.6) is 5.75 Å². The Balaban J connectivity index is 2.61. The quantitative estimate of drug-likeness (QED) is 0.663. The molecule has 2 rings (SSSR count). The Morgan fingerprint density at radius 1 is 1.18 bits per heavy atom. The van der Waals surface area contributed by atoms with Crippen LogP contribution in [0.4, 0.5) is 10.5 Å². The van der Waals surface area contributed by atoms with E-state index >= 15 is 0 Å². The molecule has 0 fully saturated rings. The summed E-state index contributed by atoms with van der Waals surface area (Å²) in [6.45, 7) is 16.8. The van der Waals surface area contributed by atoms with Crippen molar-refractivity contribution in [3.63, 3.8) is 0 Å². The molecule has 4 heteroatoms. The molecule has 0 unspecified atom stereocenters. The number of nitrogens with one attached hydrogen (secondary N) is 1. The summed E-state index contributed by atoms with van der Waals surface area (Å²) in [7, 11) is 1.68. The van der Waals surface area contributed by atoms with Gasteiger partial charge in [-0.25, -0.2) is 4.79 Å². The second kappa shape index (κ2) is 8.14. The average Bonchev–Trinajstić information content (AvgIpc) is 2.59. The molecule has 0 bridgehead atoms. The highest BCUT2D eigenvalue weighted by Gasteiger charge is 2.30. The smallest absolute Gasteiger partial charge is 0.330 e. The van der Waals surface area contributed by atoms with Crippen LogP contribution in [0.25, 0.3) is 0 Å². The second-order valence-electron chi connectivity index (χ2n) is 9.03. The summed E-state index contributed by atoms with van der Waals surface area (Å²) >= 11 is 0. The van der Waals surface area contributed by atoms with Gasteiger partial charge in [-0.05, 0) is 48.8 Å². The Kier molecular flexibility index (Phi) is 6.29. The highest BCUT2D eigenvalue weighted by molar-refractivity contribution is 5.97. The summed E-state index contributed by atoms with van der Waals surface area (Å²) < 4.78 is 5.78. The Morgan fingerprint density at radius 3 is 2.39 bits per heavy atom. The number of hydrogen-bond donors (Lipinski definition) is 1. The van der Waals surface area contributed by atoms with Crippen LogP contribution < -0.4 is 15.0 Å². The van der Waals surface area contributed by atoms with E-state index in [9.17, 15) is 4.79 Å². The molecule has 0 aliphatic carbocycles. The van der Waals surface area contributed by atoms with E-state index in [4.69, 9.17) is 4.74 Å². The van der Waals surface area contributed by atoms with Crippen molar-refractivity contribution in [2.24, 2.45) is 5.41 Å². The molecule has 1 N–H and O–H groups in total. The zero-order chi connectivity index (χ0) is 21.1. The molecule has 0 radical (unpaired) electrons. The van der Waals surface area contributed by atoms with Crippen molar-refractivity contribution in [1.29, 1.82) is 0 Å². The lowest BCUT2D eigenvalue weighted by atomic mass is 9.75. The highest BCUT2D eigenvalue weighted by atomic mass is 16.5. The van der Waals surface area contributed by atoms with Gasteiger partial charge in [0.2, 0.25) is 0 Å². The molecule has 0 saturated heterocycles. The van der Waals surface area contributed by atoms with Gasteiger partial charge in [0.1, 0.15) is 5.75 Å². The van der Waals surface area contributed by atoms with Gasteiger partial charge in [0, 0.05) is 17.5 Å². The van der Waals surface area contributed by atoms with Crippen LogP contribution in [-0.2, 0) is 5.41 Å². The summed E-state index contributed by atoms with van der Waals surface area (Å²) in [6, 6.07) is 3.71. The predicted octanol–water partition coefficient (Wildman–Crippen LogP) is 5.73. The number of carbonyl (C=O) groups excluding carboxylic acids is 1. The van der Waals surface area contributed by atoms with Crippen molar-refractivity contribution in [2.45, 2.75) is 59.8 Å². The predicted molar refractivity (Wildman–Crippen MR) is 117 cm³/mol. The summed E-state index contributed by atoms with van der Waals surface area (Å²) in [5, 5.41) is 2.75. The van der Waals surface area contributed by atoms with Crippen molar-refractivity contribution in [3.05, 3.63) is 47.8 Å². The fraction of sp³-hybridized carbons (Fsp3) is 0.458. The molecule has 0 aromatic heterocycles. The molecule has 2 amide bonds. The van der Waals surface area contributed by atoms with Crippen molar-refractivity contribution < 1.29 is 9.53 Å². The van der Waals surface area contributed by atoms with Gasteiger partial charge in [-0.3, -0.25) is 4.90 Å². The van der Waals surface area contributed by atoms with Gasteiger partial charge in [0.05, 0.1) is 18.4 Å². The van der Waals surface area contributed by atoms with Crippen molar-refractivity contribution >= 4 is 11.7 Å². The Morgan fingerprint density at radius 2 is 1.86 bits per heavy atom. The lowest BCUT2D eigenvalue weighted by Gasteiger charge is -2.32. The zero-order valence-corrected chi connectivity index (χ0v) is 18.2. The molecule has 0 atom stereocenters. The minimum Gasteiger partial charge on any atom is -0.495 e. The molecular formula is C24H32N2O2. The molecule has 1 heterocycles. The van der Waals surface area contributed by atoms with Gasteiger partial charge in [-0.2, -0.15) is 0 Å². The largest absolute Gasteiger partial charge is 0.495 e. The number of methoxy groups -OCH3 is 1. The third kappa shape index (κ3) is 4.98. The first-order chi connectivity index (χ1) is 13.0. The molecule has 150 valence electrons. The number of urea groups is 1. The molecule has 0 spiro atoms. The summed E-state index contributed by atoms with van der Waals surface area (Å²) in [6.07, 6.45) is 5.58. The van der Waals surface area contributed by atoms with Crippen molar-refractivity contribution in [1.82, 2.24) is 5.32 Å². The van der Waals surface area contributed by atoms with Crippen LogP contribution in [0.1, 0.15) is 65.5 Å². The fourth-order valence-corrected chi connectivity index (χ4v) is 3.20. The van der Waals surface area contributed by atoms with Gasteiger partial charge < -0.3 is 10.1 Å². The van der Waals surface area contributed by atoms with Gasteiger partial charge >= 0.3 is 6.03 Å². The lowest BCUT2D eigenvalue weighted by molar-refractivity contribution is 0.250. The van der Waals surface area contributed by atoms with Gasteiger partial charge in [0.15, 0.2) is 0 Å². The van der Waals surface area contributed by atoms with Gasteiger partial charge in [-0.15, -0.1) is 5.92 Å². The third-order valence-electron chi connectivity index (χ3n) is 4.96. The lowest BCUT2D eigenvalue weighted by Crippen LogP contribution is -2.38. The maximum absolute atomic E-state index is 12.5. The van der Waals surface area contributed by atoms with E-state index in [1.165, 1.54) is 0 Å². The number of anilines is 1. The molecular weight excluding hydrogens is 348 g/mol. The highest BCUT2D eigenvalue weighted by Crippen LogP contribution is 2.42. The number of carbonyl (C=O) groups is 1. The fourth-order valence-electron chi connectivity index (χ4n) is 3.20. The minimum absolute atomic E-state index is 0.140. The molecule has 1 aromatic rings. The van der Waals surface area contributed by atoms with Gasteiger partial charge in [-0.1, -0.05) is 47.1 Å². The second-order valence-corrected chi connectivity index (χ2v) is 9.03. The summed E-state index contributed by atoms with van der Waals surface area (Å²) in [4.78, 5) is 14.1. The van der Waals surface area contributed by atoms with E-state index in [2.05, 4.69) is 58.4 Å². The first-order valence-electron chi connectivity index (χ1n) is 9.61. The van der Waals surface area contributed by atoms with E-state index in [0.717, 1.165) is 35.4 Å². The number of benzene rings is 1. The zero-order valence-electron chi connectivity index (χ0n) is 18.2. The molecule has 4 nitrogen and oxygen atoms in total. The Hall–Kier alpha value is -2.67. The van der Waals surface area contributed by atoms with Crippen LogP contribution >= 0.6 is 0 Å². The van der Waals surface area contributed by atoms with Crippen LogP contribution in [0.2, 0.25) is 0 Å². The van der Waals surface area contributed by atoms with Crippen LogP contribution in [0, 0.1) is 17.3 Å². The molecule has 28 heavy (non-hydrogen) atoms. The van der Waals surface area contributed by atoms with Crippen LogP contribution in [-0.4, -0.2) is 13.1 Å². The number of hydrogen-bond acceptors (Lipinski definition) is 2. The Labute approximate surface area is 169 Å². The Bertz CT molecular complexity index is 861. The SMILES string of the molecule is C=C1C=CN(c2cc(C#CC)c(OC)c(C(C)(C)CCC(C)(C)C)c2)C(=O)N1. The summed E-state index contributed by atoms with van der Waals surface area (Å²) in [5.74, 6) is 6.88. The van der Waals surface area contributed by atoms with E-state index in [0.29, 0.717) is 5.70 Å². The standard InChI is InChI=1S/C24H32N2O2/c1-9-10-18-15-19(26-14-11-17(2)25-22(26)27)16-20(21(18)28-8)24(6,7)13-12-23(3,4)5/h11,14-16H,2,12-13H2,1,3-8H3,(H,25,27). The normalized spacial score (nSPS) is 14.5. The summed E-state index contributed by atoms with van der Waals surface area (Å²) in [5.41, 5.74) is 3.28. The van der Waals surface area contributed by atoms with Crippen LogP contribution in [0.15, 0.2) is 36.7 Å². The van der Waals surface area contributed by atoms with E-state index in [1.807, 2.05) is 12.1 Å². The number of ether oxygens (including phenoxy) is 1. The van der Waals surface area contributed by atoms with E-state index in [-0.39, 0.29) is 16.9 Å². The molecule has 1 aliphatic rings. The maximum Gasteiger partial charge on any atom is 0.330 e.